The van der Waals surface area contributed by atoms with Crippen molar-refractivity contribution in [1.29, 1.82) is 0 Å². The van der Waals surface area contributed by atoms with Crippen LogP contribution in [0.25, 0.3) is 16.9 Å². The molecular formula is C29H31N7O2. The first-order valence-electron chi connectivity index (χ1n) is 13.1. The lowest BCUT2D eigenvalue weighted by molar-refractivity contribution is 0.102. The number of anilines is 3. The van der Waals surface area contributed by atoms with Crippen molar-refractivity contribution >= 4 is 23.1 Å². The number of benzene rings is 2. The molecule has 1 amide bonds. The van der Waals surface area contributed by atoms with Gasteiger partial charge in [-0.3, -0.25) is 4.79 Å². The van der Waals surface area contributed by atoms with Gasteiger partial charge in [-0.2, -0.15) is 0 Å². The predicted molar refractivity (Wildman–Crippen MR) is 148 cm³/mol. The number of ether oxygens (including phenoxy) is 1. The Bertz CT molecular complexity index is 1420. The summed E-state index contributed by atoms with van der Waals surface area (Å²) >= 11 is 0. The zero-order valence-corrected chi connectivity index (χ0v) is 21.4. The highest BCUT2D eigenvalue weighted by Gasteiger charge is 2.20. The summed E-state index contributed by atoms with van der Waals surface area (Å²) in [5.74, 6) is 1.51. The second-order valence-electron chi connectivity index (χ2n) is 9.91. The van der Waals surface area contributed by atoms with Crippen molar-refractivity contribution in [1.82, 2.24) is 20.0 Å². The van der Waals surface area contributed by atoms with E-state index < -0.39 is 0 Å². The minimum atomic E-state index is -0.157. The molecule has 2 aromatic carbocycles. The monoisotopic (exact) mass is 509 g/mol. The van der Waals surface area contributed by atoms with Crippen molar-refractivity contribution in [2.75, 3.05) is 48.4 Å². The average Bonchev–Trinajstić information content (AvgIpc) is 3.67. The molecule has 2 N–H and O–H groups in total. The maximum Gasteiger partial charge on any atom is 0.255 e. The van der Waals surface area contributed by atoms with Crippen LogP contribution in [-0.2, 0) is 4.74 Å². The number of hydrogen-bond acceptors (Lipinski definition) is 7. The van der Waals surface area contributed by atoms with Gasteiger partial charge in [0.05, 0.1) is 25.1 Å². The van der Waals surface area contributed by atoms with Crippen LogP contribution in [-0.4, -0.2) is 58.7 Å². The highest BCUT2D eigenvalue weighted by molar-refractivity contribution is 6.05. The SMILES string of the molecule is Cc1ccc(NC(=O)c2cccc(N3CCOCC3)c2)cc1-n1cc(-c2ccc(NCC3CC3)nc2)nn1. The van der Waals surface area contributed by atoms with Crippen molar-refractivity contribution in [3.63, 3.8) is 0 Å². The van der Waals surface area contributed by atoms with Crippen LogP contribution in [0.1, 0.15) is 28.8 Å². The van der Waals surface area contributed by atoms with E-state index in [0.29, 0.717) is 24.5 Å². The number of aromatic nitrogens is 4. The average molecular weight is 510 g/mol. The molecule has 194 valence electrons. The first-order chi connectivity index (χ1) is 18.6. The fourth-order valence-corrected chi connectivity index (χ4v) is 4.54. The Morgan fingerprint density at radius 2 is 1.95 bits per heavy atom. The Hall–Kier alpha value is -4.24. The third-order valence-corrected chi connectivity index (χ3v) is 7.02. The lowest BCUT2D eigenvalue weighted by atomic mass is 10.1. The van der Waals surface area contributed by atoms with Crippen LogP contribution in [0.3, 0.4) is 0 Å². The molecule has 2 aliphatic rings. The molecule has 2 fully saturated rings. The molecule has 1 saturated carbocycles. The zero-order chi connectivity index (χ0) is 25.9. The van der Waals surface area contributed by atoms with Gasteiger partial charge < -0.3 is 20.3 Å². The molecule has 3 heterocycles. The van der Waals surface area contributed by atoms with E-state index in [-0.39, 0.29) is 5.91 Å². The van der Waals surface area contributed by atoms with Gasteiger partial charge in [-0.05, 0) is 73.7 Å². The van der Waals surface area contributed by atoms with E-state index in [1.165, 1.54) is 12.8 Å². The van der Waals surface area contributed by atoms with Gasteiger partial charge in [0.2, 0.25) is 0 Å². The molecule has 1 saturated heterocycles. The lowest BCUT2D eigenvalue weighted by Crippen LogP contribution is -2.36. The van der Waals surface area contributed by atoms with Crippen LogP contribution in [0, 0.1) is 12.8 Å². The summed E-state index contributed by atoms with van der Waals surface area (Å²) in [6, 6.07) is 17.5. The third-order valence-electron chi connectivity index (χ3n) is 7.02. The topological polar surface area (TPSA) is 97.2 Å². The van der Waals surface area contributed by atoms with Crippen LogP contribution in [0.4, 0.5) is 17.2 Å². The number of rotatable bonds is 8. The Balaban J connectivity index is 1.16. The molecule has 0 bridgehead atoms. The molecule has 1 aliphatic heterocycles. The molecule has 0 spiro atoms. The van der Waals surface area contributed by atoms with E-state index in [1.54, 1.807) is 4.68 Å². The highest BCUT2D eigenvalue weighted by Crippen LogP contribution is 2.29. The van der Waals surface area contributed by atoms with E-state index in [2.05, 4.69) is 30.8 Å². The van der Waals surface area contributed by atoms with Crippen LogP contribution >= 0.6 is 0 Å². The van der Waals surface area contributed by atoms with Gasteiger partial charge in [0.1, 0.15) is 11.5 Å². The molecule has 0 unspecified atom stereocenters. The number of hydrogen-bond donors (Lipinski definition) is 2. The first-order valence-corrected chi connectivity index (χ1v) is 13.1. The minimum absolute atomic E-state index is 0.157. The summed E-state index contributed by atoms with van der Waals surface area (Å²) in [6.45, 7) is 6.04. The van der Waals surface area contributed by atoms with E-state index in [9.17, 15) is 4.79 Å². The van der Waals surface area contributed by atoms with Crippen LogP contribution in [0.5, 0.6) is 0 Å². The molecule has 0 radical (unpaired) electrons. The van der Waals surface area contributed by atoms with E-state index in [1.807, 2.05) is 73.9 Å². The molecule has 1 aliphatic carbocycles. The number of nitrogens with zero attached hydrogens (tertiary/aromatic N) is 5. The van der Waals surface area contributed by atoms with Crippen LogP contribution < -0.4 is 15.5 Å². The van der Waals surface area contributed by atoms with Crippen molar-refractivity contribution in [3.05, 3.63) is 78.1 Å². The summed E-state index contributed by atoms with van der Waals surface area (Å²) in [5, 5.41) is 15.1. The van der Waals surface area contributed by atoms with Gasteiger partial charge in [-0.25, -0.2) is 9.67 Å². The van der Waals surface area contributed by atoms with Gasteiger partial charge in [0, 0.05) is 48.3 Å². The summed E-state index contributed by atoms with van der Waals surface area (Å²) in [6.07, 6.45) is 6.31. The Labute approximate surface area is 221 Å². The highest BCUT2D eigenvalue weighted by atomic mass is 16.5. The van der Waals surface area contributed by atoms with Gasteiger partial charge in [-0.15, -0.1) is 5.10 Å². The van der Waals surface area contributed by atoms with E-state index in [0.717, 1.165) is 59.6 Å². The van der Waals surface area contributed by atoms with Crippen LogP contribution in [0.15, 0.2) is 67.0 Å². The molecule has 38 heavy (non-hydrogen) atoms. The molecule has 4 aromatic rings. The number of aryl methyl sites for hydroxylation is 1. The smallest absolute Gasteiger partial charge is 0.255 e. The largest absolute Gasteiger partial charge is 0.378 e. The first kappa shape index (κ1) is 24.1. The zero-order valence-electron chi connectivity index (χ0n) is 21.4. The second-order valence-corrected chi connectivity index (χ2v) is 9.91. The number of carbonyl (C=O) groups is 1. The molecular weight excluding hydrogens is 478 g/mol. The van der Waals surface area contributed by atoms with E-state index in [4.69, 9.17) is 4.74 Å². The van der Waals surface area contributed by atoms with Crippen molar-refractivity contribution in [2.24, 2.45) is 5.92 Å². The third kappa shape index (κ3) is 5.52. The maximum atomic E-state index is 13.1. The molecule has 9 heteroatoms. The van der Waals surface area contributed by atoms with Crippen molar-refractivity contribution < 1.29 is 9.53 Å². The number of morpholine rings is 1. The fraction of sp³-hybridized carbons (Fsp3) is 0.310. The Morgan fingerprint density at radius 1 is 1.08 bits per heavy atom. The van der Waals surface area contributed by atoms with Gasteiger partial charge in [-0.1, -0.05) is 17.3 Å². The molecule has 0 atom stereocenters. The Morgan fingerprint density at radius 3 is 2.74 bits per heavy atom. The second kappa shape index (κ2) is 10.6. The quantitative estimate of drug-likeness (QED) is 0.360. The number of nitrogens with one attached hydrogen (secondary N) is 2. The fourth-order valence-electron chi connectivity index (χ4n) is 4.54. The lowest BCUT2D eigenvalue weighted by Gasteiger charge is -2.29. The van der Waals surface area contributed by atoms with Crippen LogP contribution in [0.2, 0.25) is 0 Å². The number of carbonyl (C=O) groups excluding carboxylic acids is 1. The maximum absolute atomic E-state index is 13.1. The predicted octanol–water partition coefficient (Wildman–Crippen LogP) is 4.55. The summed E-state index contributed by atoms with van der Waals surface area (Å²) < 4.78 is 7.18. The van der Waals surface area contributed by atoms with Gasteiger partial charge >= 0.3 is 0 Å². The standard InChI is InChI=1S/C29H31N7O2/c1-20-5-9-24(32-29(37)22-3-2-4-25(15-22)35-11-13-38-14-12-35)16-27(20)36-19-26(33-34-36)23-8-10-28(31-18-23)30-17-21-6-7-21/h2-5,8-10,15-16,18-19,21H,6-7,11-14,17H2,1H3,(H,30,31)(H,32,37). The summed E-state index contributed by atoms with van der Waals surface area (Å²) in [4.78, 5) is 19.8. The summed E-state index contributed by atoms with van der Waals surface area (Å²) in [7, 11) is 0. The molecule has 6 rings (SSSR count). The summed E-state index contributed by atoms with van der Waals surface area (Å²) in [5.41, 5.74) is 5.84. The van der Waals surface area contributed by atoms with Gasteiger partial charge in [0.25, 0.3) is 5.91 Å². The Kier molecular flexibility index (Phi) is 6.75. The van der Waals surface area contributed by atoms with Crippen molar-refractivity contribution in [3.8, 4) is 16.9 Å². The van der Waals surface area contributed by atoms with Gasteiger partial charge in [0.15, 0.2) is 0 Å². The minimum Gasteiger partial charge on any atom is -0.378 e. The number of pyridine rings is 1. The molecule has 2 aromatic heterocycles. The van der Waals surface area contributed by atoms with Crippen molar-refractivity contribution in [2.45, 2.75) is 19.8 Å². The normalized spacial score (nSPS) is 15.3. The number of amides is 1. The molecule has 9 nitrogen and oxygen atoms in total. The van der Waals surface area contributed by atoms with E-state index >= 15 is 0 Å².